The summed E-state index contributed by atoms with van der Waals surface area (Å²) in [7, 11) is 0. The van der Waals surface area contributed by atoms with Crippen molar-refractivity contribution < 1.29 is 23.1 Å². The number of amides is 1. The lowest BCUT2D eigenvalue weighted by atomic mass is 9.84. The van der Waals surface area contributed by atoms with Gasteiger partial charge in [-0.25, -0.2) is 4.79 Å². The quantitative estimate of drug-likeness (QED) is 0.444. The number of nitrogens with zero attached hydrogens (tertiary/aromatic N) is 5. The number of aliphatic hydroxyl groups is 1. The van der Waals surface area contributed by atoms with E-state index >= 15 is 0 Å². The Labute approximate surface area is 211 Å². The fraction of sp³-hybridized carbons (Fsp3) is 0.222. The molecule has 0 aliphatic carbocycles. The van der Waals surface area contributed by atoms with E-state index in [4.69, 9.17) is 0 Å². The summed E-state index contributed by atoms with van der Waals surface area (Å²) < 4.78 is 39.3. The molecule has 1 fully saturated rings. The van der Waals surface area contributed by atoms with Crippen LogP contribution in [0.15, 0.2) is 91.1 Å². The normalized spacial score (nSPS) is 14.6. The number of halogens is 3. The van der Waals surface area contributed by atoms with E-state index in [1.807, 2.05) is 41.3 Å². The molecule has 0 saturated carbocycles. The molecule has 1 aliphatic heterocycles. The van der Waals surface area contributed by atoms with E-state index in [1.54, 1.807) is 30.3 Å². The molecule has 0 atom stereocenters. The summed E-state index contributed by atoms with van der Waals surface area (Å²) in [5.41, 5.74) is -0.520. The molecule has 2 heterocycles. The predicted molar refractivity (Wildman–Crippen MR) is 131 cm³/mol. The van der Waals surface area contributed by atoms with Crippen LogP contribution in [0.2, 0.25) is 0 Å². The van der Waals surface area contributed by atoms with Crippen LogP contribution in [0.1, 0.15) is 22.4 Å². The number of hydrogen-bond donors (Lipinski definition) is 1. The molecule has 4 aromatic rings. The average Bonchev–Trinajstić information content (AvgIpc) is 3.44. The van der Waals surface area contributed by atoms with Crippen LogP contribution in [-0.4, -0.2) is 57.2 Å². The van der Waals surface area contributed by atoms with Crippen molar-refractivity contribution in [3.8, 4) is 0 Å². The van der Waals surface area contributed by atoms with Crippen LogP contribution in [0.4, 0.5) is 23.7 Å². The zero-order chi connectivity index (χ0) is 26.0. The maximum absolute atomic E-state index is 13.2. The number of alkyl halides is 3. The number of aromatic nitrogens is 3. The molecule has 1 aromatic heterocycles. The molecular weight excluding hydrogens is 483 g/mol. The Morgan fingerprint density at radius 2 is 1.35 bits per heavy atom. The number of rotatable bonds is 4. The van der Waals surface area contributed by atoms with Crippen molar-refractivity contribution >= 4 is 11.7 Å². The van der Waals surface area contributed by atoms with Gasteiger partial charge in [-0.3, -0.25) is 0 Å². The number of hydrogen-bond acceptors (Lipinski definition) is 5. The largest absolute Gasteiger partial charge is 0.416 e. The molecular formula is C27H24F3N5O2. The minimum Gasteiger partial charge on any atom is -0.374 e. The monoisotopic (exact) mass is 507 g/mol. The molecule has 1 aliphatic rings. The summed E-state index contributed by atoms with van der Waals surface area (Å²) in [5.74, 6) is 0. The Morgan fingerprint density at radius 3 is 1.92 bits per heavy atom. The second-order valence-corrected chi connectivity index (χ2v) is 8.77. The van der Waals surface area contributed by atoms with Gasteiger partial charge in [-0.05, 0) is 29.3 Å². The molecule has 0 bridgehead atoms. The van der Waals surface area contributed by atoms with Crippen molar-refractivity contribution in [2.24, 2.45) is 0 Å². The number of benzene rings is 3. The van der Waals surface area contributed by atoms with E-state index in [-0.39, 0.29) is 18.8 Å². The van der Waals surface area contributed by atoms with E-state index in [2.05, 4.69) is 10.2 Å². The lowest BCUT2D eigenvalue weighted by molar-refractivity contribution is -0.137. The first kappa shape index (κ1) is 24.5. The van der Waals surface area contributed by atoms with Crippen LogP contribution >= 0.6 is 0 Å². The van der Waals surface area contributed by atoms with Gasteiger partial charge in [0.05, 0.1) is 11.8 Å². The Hall–Kier alpha value is -4.18. The smallest absolute Gasteiger partial charge is 0.374 e. The minimum atomic E-state index is -4.42. The summed E-state index contributed by atoms with van der Waals surface area (Å²) in [4.78, 5) is 17.5. The third-order valence-corrected chi connectivity index (χ3v) is 6.51. The lowest BCUT2D eigenvalue weighted by Gasteiger charge is -2.35. The van der Waals surface area contributed by atoms with Gasteiger partial charge in [0.1, 0.15) is 5.69 Å². The second-order valence-electron chi connectivity index (χ2n) is 8.77. The summed E-state index contributed by atoms with van der Waals surface area (Å²) >= 11 is 0. The molecule has 3 aromatic carbocycles. The SMILES string of the molecule is O=C(N1CCN(c2cccc(C(F)(F)F)c2)CC1)n1ncc(C(O)(c2ccccc2)c2ccccc2)n1. The Kier molecular flexibility index (Phi) is 6.43. The number of carbonyl (C=O) groups is 1. The maximum atomic E-state index is 13.2. The highest BCUT2D eigenvalue weighted by molar-refractivity contribution is 5.75. The first-order valence-corrected chi connectivity index (χ1v) is 11.7. The van der Waals surface area contributed by atoms with Crippen LogP contribution in [0.5, 0.6) is 0 Å². The molecule has 1 N–H and O–H groups in total. The zero-order valence-electron chi connectivity index (χ0n) is 19.7. The van der Waals surface area contributed by atoms with Gasteiger partial charge in [0.25, 0.3) is 0 Å². The van der Waals surface area contributed by atoms with Crippen LogP contribution in [-0.2, 0) is 11.8 Å². The number of piperazine rings is 1. The van der Waals surface area contributed by atoms with E-state index in [1.165, 1.54) is 17.2 Å². The summed E-state index contributed by atoms with van der Waals surface area (Å²) in [6, 6.07) is 22.7. The van der Waals surface area contributed by atoms with Crippen molar-refractivity contribution in [1.82, 2.24) is 19.9 Å². The molecule has 190 valence electrons. The lowest BCUT2D eigenvalue weighted by Crippen LogP contribution is -2.50. The first-order valence-electron chi connectivity index (χ1n) is 11.7. The number of anilines is 1. The average molecular weight is 508 g/mol. The van der Waals surface area contributed by atoms with Gasteiger partial charge < -0.3 is 14.9 Å². The van der Waals surface area contributed by atoms with Crippen LogP contribution < -0.4 is 4.90 Å². The van der Waals surface area contributed by atoms with E-state index in [9.17, 15) is 23.1 Å². The van der Waals surface area contributed by atoms with Gasteiger partial charge in [-0.2, -0.15) is 18.3 Å². The highest BCUT2D eigenvalue weighted by Crippen LogP contribution is 2.35. The van der Waals surface area contributed by atoms with Crippen molar-refractivity contribution in [2.45, 2.75) is 11.8 Å². The van der Waals surface area contributed by atoms with E-state index in [0.717, 1.165) is 16.9 Å². The van der Waals surface area contributed by atoms with Crippen molar-refractivity contribution in [3.63, 3.8) is 0 Å². The van der Waals surface area contributed by atoms with Crippen LogP contribution in [0.25, 0.3) is 0 Å². The molecule has 0 spiro atoms. The second kappa shape index (κ2) is 9.70. The topological polar surface area (TPSA) is 74.5 Å². The van der Waals surface area contributed by atoms with Crippen LogP contribution in [0, 0.1) is 0 Å². The molecule has 5 rings (SSSR count). The molecule has 0 radical (unpaired) electrons. The number of carbonyl (C=O) groups excluding carboxylic acids is 1. The third-order valence-electron chi connectivity index (χ3n) is 6.51. The Bertz CT molecular complexity index is 1330. The summed E-state index contributed by atoms with van der Waals surface area (Å²) in [6.07, 6.45) is -3.05. The molecule has 37 heavy (non-hydrogen) atoms. The maximum Gasteiger partial charge on any atom is 0.416 e. The summed E-state index contributed by atoms with van der Waals surface area (Å²) in [6.45, 7) is 1.29. The third kappa shape index (κ3) is 4.79. The first-order chi connectivity index (χ1) is 17.8. The van der Waals surface area contributed by atoms with Gasteiger partial charge in [0, 0.05) is 31.9 Å². The molecule has 0 unspecified atom stereocenters. The van der Waals surface area contributed by atoms with Gasteiger partial charge >= 0.3 is 12.2 Å². The fourth-order valence-corrected chi connectivity index (χ4v) is 4.50. The van der Waals surface area contributed by atoms with Gasteiger partial charge in [0.2, 0.25) is 0 Å². The molecule has 7 nitrogen and oxygen atoms in total. The van der Waals surface area contributed by atoms with E-state index in [0.29, 0.717) is 29.9 Å². The standard InChI is InChI=1S/C27H24F3N5O2/c28-27(29,30)22-12-7-13-23(18-22)33-14-16-34(17-15-33)25(36)35-31-19-24(32-35)26(37,20-8-3-1-4-9-20)21-10-5-2-6-11-21/h1-13,18-19,37H,14-17H2. The minimum absolute atomic E-state index is 0.195. The van der Waals surface area contributed by atoms with Crippen molar-refractivity contribution in [1.29, 1.82) is 0 Å². The van der Waals surface area contributed by atoms with Crippen LogP contribution in [0.3, 0.4) is 0 Å². The molecule has 10 heteroatoms. The molecule has 1 amide bonds. The van der Waals surface area contributed by atoms with E-state index < -0.39 is 23.4 Å². The van der Waals surface area contributed by atoms with Gasteiger partial charge in [-0.1, -0.05) is 71.5 Å². The zero-order valence-corrected chi connectivity index (χ0v) is 19.7. The van der Waals surface area contributed by atoms with Gasteiger partial charge in [-0.15, -0.1) is 5.10 Å². The van der Waals surface area contributed by atoms with Crippen molar-refractivity contribution in [3.05, 3.63) is 114 Å². The Balaban J connectivity index is 1.34. The molecule has 1 saturated heterocycles. The Morgan fingerprint density at radius 1 is 0.784 bits per heavy atom. The highest BCUT2D eigenvalue weighted by Gasteiger charge is 2.37. The van der Waals surface area contributed by atoms with Gasteiger partial charge in [0.15, 0.2) is 5.60 Å². The summed E-state index contributed by atoms with van der Waals surface area (Å²) in [5, 5.41) is 20.3. The fourth-order valence-electron chi connectivity index (χ4n) is 4.50. The van der Waals surface area contributed by atoms with Crippen molar-refractivity contribution in [2.75, 3.05) is 31.1 Å². The highest BCUT2D eigenvalue weighted by atomic mass is 19.4. The predicted octanol–water partition coefficient (Wildman–Crippen LogP) is 4.37.